The van der Waals surface area contributed by atoms with E-state index in [1.54, 1.807) is 12.1 Å². The molecule has 0 saturated carbocycles. The Bertz CT molecular complexity index is 1220. The second-order valence-electron chi connectivity index (χ2n) is 8.07. The van der Waals surface area contributed by atoms with Crippen LogP contribution in [0.25, 0.3) is 0 Å². The lowest BCUT2D eigenvalue weighted by molar-refractivity contribution is -0.137. The van der Waals surface area contributed by atoms with Crippen molar-refractivity contribution < 1.29 is 26.8 Å². The zero-order chi connectivity index (χ0) is 24.8. The normalized spacial score (nSPS) is 12.6. The molecular formula is C26H24F3N3O3. The Morgan fingerprint density at radius 1 is 1.00 bits per heavy atom. The van der Waals surface area contributed by atoms with Crippen LogP contribution in [-0.4, -0.2) is 15.8 Å². The van der Waals surface area contributed by atoms with Crippen LogP contribution in [0, 0.1) is 0 Å². The number of halogens is 3. The van der Waals surface area contributed by atoms with Crippen LogP contribution in [0.15, 0.2) is 88.1 Å². The van der Waals surface area contributed by atoms with E-state index in [0.29, 0.717) is 23.8 Å². The zero-order valence-electron chi connectivity index (χ0n) is 19.0. The van der Waals surface area contributed by atoms with Crippen molar-refractivity contribution in [2.45, 2.75) is 38.8 Å². The van der Waals surface area contributed by atoms with Crippen molar-refractivity contribution in [3.05, 3.63) is 113 Å². The predicted octanol–water partition coefficient (Wildman–Crippen LogP) is 5.98. The van der Waals surface area contributed by atoms with E-state index >= 15 is 0 Å². The number of benzene rings is 2. The Hall–Kier alpha value is -3.85. The van der Waals surface area contributed by atoms with E-state index in [1.165, 1.54) is 24.7 Å². The van der Waals surface area contributed by atoms with Crippen LogP contribution in [0.5, 0.6) is 0 Å². The van der Waals surface area contributed by atoms with Crippen LogP contribution in [-0.2, 0) is 25.8 Å². The molecule has 0 bridgehead atoms. The lowest BCUT2D eigenvalue weighted by Gasteiger charge is -2.28. The Kier molecular flexibility index (Phi) is 7.36. The van der Waals surface area contributed by atoms with E-state index in [0.717, 1.165) is 17.7 Å². The predicted molar refractivity (Wildman–Crippen MR) is 122 cm³/mol. The van der Waals surface area contributed by atoms with Gasteiger partial charge in [-0.15, -0.1) is 0 Å². The van der Waals surface area contributed by atoms with Gasteiger partial charge in [0.05, 0.1) is 24.9 Å². The molecule has 0 spiro atoms. The molecule has 0 radical (unpaired) electrons. The standard InChI is InChI=1S/C26H24F3N3O3/c1-18(20-6-3-2-4-7-20)32(15-19-9-11-21(12-10-19)26(27,28)29)16-24-31-23(17-35-24)25(33)30-14-22-8-5-13-34-22/h2-13,17-18H,14-16H2,1H3,(H,30,33). The summed E-state index contributed by atoms with van der Waals surface area (Å²) >= 11 is 0. The summed E-state index contributed by atoms with van der Waals surface area (Å²) in [5, 5.41) is 2.71. The molecular weight excluding hydrogens is 459 g/mol. The van der Waals surface area contributed by atoms with Crippen molar-refractivity contribution in [1.82, 2.24) is 15.2 Å². The molecule has 9 heteroatoms. The van der Waals surface area contributed by atoms with Gasteiger partial charge in [-0.2, -0.15) is 13.2 Å². The first-order valence-electron chi connectivity index (χ1n) is 11.0. The lowest BCUT2D eigenvalue weighted by Crippen LogP contribution is -2.27. The first-order valence-corrected chi connectivity index (χ1v) is 11.0. The minimum Gasteiger partial charge on any atom is -0.467 e. The summed E-state index contributed by atoms with van der Waals surface area (Å²) < 4.78 is 49.6. The van der Waals surface area contributed by atoms with Gasteiger partial charge in [-0.05, 0) is 42.3 Å². The largest absolute Gasteiger partial charge is 0.467 e. The average molecular weight is 483 g/mol. The number of carbonyl (C=O) groups is 1. The van der Waals surface area contributed by atoms with Gasteiger partial charge in [0, 0.05) is 12.6 Å². The summed E-state index contributed by atoms with van der Waals surface area (Å²) in [6.07, 6.45) is -1.58. The third-order valence-electron chi connectivity index (χ3n) is 5.62. The number of oxazole rings is 1. The van der Waals surface area contributed by atoms with E-state index < -0.39 is 17.6 Å². The lowest BCUT2D eigenvalue weighted by atomic mass is 10.1. The fourth-order valence-electron chi connectivity index (χ4n) is 3.64. The van der Waals surface area contributed by atoms with Gasteiger partial charge in [0.2, 0.25) is 5.89 Å². The number of nitrogens with one attached hydrogen (secondary N) is 1. The third-order valence-corrected chi connectivity index (χ3v) is 5.62. The molecule has 2 aromatic heterocycles. The number of hydrogen-bond donors (Lipinski definition) is 1. The molecule has 182 valence electrons. The number of carbonyl (C=O) groups excluding carboxylic acids is 1. The number of amides is 1. The van der Waals surface area contributed by atoms with Crippen LogP contribution in [0.1, 0.15) is 51.8 Å². The number of furan rings is 1. The quantitative estimate of drug-likeness (QED) is 0.317. The van der Waals surface area contributed by atoms with E-state index in [4.69, 9.17) is 8.83 Å². The van der Waals surface area contributed by atoms with Gasteiger partial charge in [-0.1, -0.05) is 42.5 Å². The smallest absolute Gasteiger partial charge is 0.416 e. The summed E-state index contributed by atoms with van der Waals surface area (Å²) in [6.45, 7) is 2.83. The van der Waals surface area contributed by atoms with Gasteiger partial charge in [0.15, 0.2) is 5.69 Å². The van der Waals surface area contributed by atoms with Crippen molar-refractivity contribution in [3.8, 4) is 0 Å². The van der Waals surface area contributed by atoms with Crippen LogP contribution in [0.4, 0.5) is 13.2 Å². The van der Waals surface area contributed by atoms with Gasteiger partial charge in [0.25, 0.3) is 5.91 Å². The van der Waals surface area contributed by atoms with E-state index in [2.05, 4.69) is 10.3 Å². The number of nitrogens with zero attached hydrogens (tertiary/aromatic N) is 2. The highest BCUT2D eigenvalue weighted by Crippen LogP contribution is 2.30. The summed E-state index contributed by atoms with van der Waals surface area (Å²) in [4.78, 5) is 18.8. The Morgan fingerprint density at radius 3 is 2.40 bits per heavy atom. The van der Waals surface area contributed by atoms with Crippen LogP contribution in [0.2, 0.25) is 0 Å². The Morgan fingerprint density at radius 2 is 1.74 bits per heavy atom. The molecule has 1 atom stereocenters. The molecule has 0 fully saturated rings. The maximum atomic E-state index is 13.0. The van der Waals surface area contributed by atoms with Crippen molar-refractivity contribution in [3.63, 3.8) is 0 Å². The second kappa shape index (κ2) is 10.6. The summed E-state index contributed by atoms with van der Waals surface area (Å²) in [7, 11) is 0. The van der Waals surface area contributed by atoms with Gasteiger partial charge < -0.3 is 14.2 Å². The average Bonchev–Trinajstić information content (AvgIpc) is 3.54. The maximum Gasteiger partial charge on any atom is 0.416 e. The fourth-order valence-corrected chi connectivity index (χ4v) is 3.64. The molecule has 0 aliphatic carbocycles. The van der Waals surface area contributed by atoms with Gasteiger partial charge in [-0.25, -0.2) is 4.98 Å². The van der Waals surface area contributed by atoms with Crippen molar-refractivity contribution in [1.29, 1.82) is 0 Å². The van der Waals surface area contributed by atoms with Crippen LogP contribution >= 0.6 is 0 Å². The minimum absolute atomic E-state index is 0.0957. The topological polar surface area (TPSA) is 71.5 Å². The molecule has 0 saturated heterocycles. The fraction of sp³-hybridized carbons (Fsp3) is 0.231. The van der Waals surface area contributed by atoms with E-state index in [9.17, 15) is 18.0 Å². The first kappa shape index (κ1) is 24.3. The number of hydrogen-bond acceptors (Lipinski definition) is 5. The summed E-state index contributed by atoms with van der Waals surface area (Å²) in [5.74, 6) is 0.533. The highest BCUT2D eigenvalue weighted by molar-refractivity contribution is 5.91. The molecule has 2 aromatic carbocycles. The first-order chi connectivity index (χ1) is 16.8. The third kappa shape index (κ3) is 6.39. The van der Waals surface area contributed by atoms with Gasteiger partial charge >= 0.3 is 6.18 Å². The highest BCUT2D eigenvalue weighted by Gasteiger charge is 2.30. The molecule has 2 heterocycles. The molecule has 1 unspecified atom stereocenters. The second-order valence-corrected chi connectivity index (χ2v) is 8.07. The maximum absolute atomic E-state index is 13.0. The van der Waals surface area contributed by atoms with Crippen molar-refractivity contribution in [2.24, 2.45) is 0 Å². The summed E-state index contributed by atoms with van der Waals surface area (Å²) in [5.41, 5.74) is 1.18. The monoisotopic (exact) mass is 483 g/mol. The number of alkyl halides is 3. The SMILES string of the molecule is CC(c1ccccc1)N(Cc1ccc(C(F)(F)F)cc1)Cc1nc(C(=O)NCc2ccco2)co1. The molecule has 1 N–H and O–H groups in total. The molecule has 6 nitrogen and oxygen atoms in total. The molecule has 4 aromatic rings. The van der Waals surface area contributed by atoms with Crippen molar-refractivity contribution in [2.75, 3.05) is 0 Å². The Labute approximate surface area is 200 Å². The van der Waals surface area contributed by atoms with Gasteiger partial charge in [0.1, 0.15) is 12.0 Å². The molecule has 4 rings (SSSR count). The highest BCUT2D eigenvalue weighted by atomic mass is 19.4. The number of aromatic nitrogens is 1. The van der Waals surface area contributed by atoms with Gasteiger partial charge in [-0.3, -0.25) is 9.69 Å². The minimum atomic E-state index is -4.39. The van der Waals surface area contributed by atoms with E-state index in [1.807, 2.05) is 42.2 Å². The molecule has 0 aliphatic rings. The molecule has 1 amide bonds. The Balaban J connectivity index is 1.49. The van der Waals surface area contributed by atoms with Crippen LogP contribution in [0.3, 0.4) is 0 Å². The van der Waals surface area contributed by atoms with E-state index in [-0.39, 0.29) is 24.8 Å². The molecule has 0 aliphatic heterocycles. The zero-order valence-corrected chi connectivity index (χ0v) is 19.0. The number of rotatable bonds is 9. The molecule has 35 heavy (non-hydrogen) atoms. The van der Waals surface area contributed by atoms with Crippen molar-refractivity contribution >= 4 is 5.91 Å². The summed E-state index contributed by atoms with van der Waals surface area (Å²) in [6, 6.07) is 18.2. The van der Waals surface area contributed by atoms with Crippen LogP contribution < -0.4 is 5.32 Å².